The molecule has 9 heteroatoms. The number of nitrogens with zero attached hydrogens (tertiary/aromatic N) is 5. The van der Waals surface area contributed by atoms with Crippen LogP contribution in [0.2, 0.25) is 0 Å². The summed E-state index contributed by atoms with van der Waals surface area (Å²) in [6.07, 6.45) is 6.65. The van der Waals surface area contributed by atoms with E-state index in [4.69, 9.17) is 0 Å². The SMILES string of the molecule is Cc1cnc(CN(C(=O)C2=NN=CC2=S(=O)=O)c2ccc(C3CC3)cc2)cn1. The minimum absolute atomic E-state index is 0.132. The first-order chi connectivity index (χ1) is 13.5. The third kappa shape index (κ3) is 3.74. The van der Waals surface area contributed by atoms with Crippen LogP contribution in [0.25, 0.3) is 0 Å². The van der Waals surface area contributed by atoms with Crippen LogP contribution in [-0.4, -0.2) is 41.1 Å². The van der Waals surface area contributed by atoms with Crippen LogP contribution >= 0.6 is 0 Å². The number of amides is 1. The van der Waals surface area contributed by atoms with E-state index >= 15 is 0 Å². The van der Waals surface area contributed by atoms with Crippen LogP contribution < -0.4 is 4.90 Å². The summed E-state index contributed by atoms with van der Waals surface area (Å²) in [6.45, 7) is 1.96. The van der Waals surface area contributed by atoms with Gasteiger partial charge < -0.3 is 4.90 Å². The molecule has 142 valence electrons. The van der Waals surface area contributed by atoms with E-state index in [9.17, 15) is 13.2 Å². The summed E-state index contributed by atoms with van der Waals surface area (Å²) >= 11 is 0. The summed E-state index contributed by atoms with van der Waals surface area (Å²) in [5.41, 5.74) is 3.00. The highest BCUT2D eigenvalue weighted by atomic mass is 32.2. The monoisotopic (exact) mass is 395 g/mol. The predicted octanol–water partition coefficient (Wildman–Crippen LogP) is 1.69. The maximum Gasteiger partial charge on any atom is 0.280 e. The van der Waals surface area contributed by atoms with Crippen LogP contribution in [-0.2, 0) is 21.6 Å². The lowest BCUT2D eigenvalue weighted by molar-refractivity contribution is -0.112. The van der Waals surface area contributed by atoms with Gasteiger partial charge in [-0.05, 0) is 43.4 Å². The molecule has 1 saturated carbocycles. The number of hydrogen-bond donors (Lipinski definition) is 0. The van der Waals surface area contributed by atoms with Crippen LogP contribution in [0, 0.1) is 6.92 Å². The number of benzene rings is 1. The van der Waals surface area contributed by atoms with E-state index in [1.54, 1.807) is 12.4 Å². The molecule has 2 aliphatic rings. The summed E-state index contributed by atoms with van der Waals surface area (Å²) in [5, 5.41) is 7.31. The van der Waals surface area contributed by atoms with Gasteiger partial charge in [-0.25, -0.2) is 0 Å². The molecule has 1 fully saturated rings. The number of hydrogen-bond acceptors (Lipinski definition) is 7. The molecule has 1 aliphatic carbocycles. The van der Waals surface area contributed by atoms with Gasteiger partial charge in [-0.3, -0.25) is 14.8 Å². The maximum absolute atomic E-state index is 13.1. The second-order valence-corrected chi connectivity index (χ2v) is 7.61. The lowest BCUT2D eigenvalue weighted by atomic mass is 10.1. The molecule has 2 aromatic rings. The van der Waals surface area contributed by atoms with Crippen molar-refractivity contribution in [3.63, 3.8) is 0 Å². The van der Waals surface area contributed by atoms with Crippen molar-refractivity contribution in [1.29, 1.82) is 0 Å². The van der Waals surface area contributed by atoms with Crippen molar-refractivity contribution in [2.24, 2.45) is 10.2 Å². The molecule has 1 aromatic heterocycles. The molecule has 0 bridgehead atoms. The van der Waals surface area contributed by atoms with Crippen LogP contribution in [0.3, 0.4) is 0 Å². The van der Waals surface area contributed by atoms with E-state index in [1.165, 1.54) is 23.3 Å². The van der Waals surface area contributed by atoms with Crippen LogP contribution in [0.4, 0.5) is 5.69 Å². The third-order valence-electron chi connectivity index (χ3n) is 4.60. The molecular formula is C19H17N5O3S. The first kappa shape index (κ1) is 18.2. The van der Waals surface area contributed by atoms with Gasteiger partial charge >= 0.3 is 0 Å². The Bertz CT molecular complexity index is 1110. The minimum atomic E-state index is -2.60. The van der Waals surface area contributed by atoms with Crippen molar-refractivity contribution < 1.29 is 13.2 Å². The van der Waals surface area contributed by atoms with E-state index in [0.717, 1.165) is 11.9 Å². The second kappa shape index (κ2) is 7.43. The molecule has 4 rings (SSSR count). The highest BCUT2D eigenvalue weighted by molar-refractivity contribution is 7.77. The molecular weight excluding hydrogens is 378 g/mol. The van der Waals surface area contributed by atoms with E-state index in [-0.39, 0.29) is 17.1 Å². The topological polar surface area (TPSA) is 105 Å². The standard InChI is InChI=1S/C19H17N5O3S/c1-12-8-21-15(9-20-12)11-24(16-6-4-14(5-7-16)13-2-3-13)19(25)18-17(28(26)27)10-22-23-18/h4-10,13H,2-3,11H2,1H3. The maximum atomic E-state index is 13.1. The Morgan fingerprint density at radius 2 is 1.89 bits per heavy atom. The molecule has 0 saturated heterocycles. The minimum Gasteiger partial charge on any atom is -0.301 e. The van der Waals surface area contributed by atoms with Gasteiger partial charge in [-0.2, -0.15) is 13.5 Å². The number of rotatable bonds is 5. The van der Waals surface area contributed by atoms with Crippen molar-refractivity contribution >= 4 is 38.7 Å². The van der Waals surface area contributed by atoms with E-state index in [0.29, 0.717) is 17.3 Å². The summed E-state index contributed by atoms with van der Waals surface area (Å²) in [7, 11) is -2.60. The summed E-state index contributed by atoms with van der Waals surface area (Å²) in [4.78, 5) is 22.9. The van der Waals surface area contributed by atoms with Crippen LogP contribution in [0.1, 0.15) is 35.7 Å². The Morgan fingerprint density at radius 1 is 1.14 bits per heavy atom. The summed E-state index contributed by atoms with van der Waals surface area (Å²) in [6, 6.07) is 7.71. The molecule has 0 spiro atoms. The Hall–Kier alpha value is -3.20. The molecule has 8 nitrogen and oxygen atoms in total. The molecule has 1 amide bonds. The number of aromatic nitrogens is 2. The normalized spacial score (nSPS) is 15.5. The molecule has 0 N–H and O–H groups in total. The first-order valence-electron chi connectivity index (χ1n) is 8.80. The Balaban J connectivity index is 1.69. The average molecular weight is 395 g/mol. The molecule has 1 aliphatic heterocycles. The van der Waals surface area contributed by atoms with Gasteiger partial charge in [-0.1, -0.05) is 12.1 Å². The largest absolute Gasteiger partial charge is 0.301 e. The summed E-state index contributed by atoms with van der Waals surface area (Å²) in [5.74, 6) is 0.0369. The predicted molar refractivity (Wildman–Crippen MR) is 106 cm³/mol. The highest BCUT2D eigenvalue weighted by Crippen LogP contribution is 2.40. The van der Waals surface area contributed by atoms with Crippen molar-refractivity contribution in [1.82, 2.24) is 9.97 Å². The smallest absolute Gasteiger partial charge is 0.280 e. The van der Waals surface area contributed by atoms with E-state index in [1.807, 2.05) is 31.2 Å². The van der Waals surface area contributed by atoms with E-state index < -0.39 is 16.2 Å². The van der Waals surface area contributed by atoms with Gasteiger partial charge in [0.05, 0.1) is 30.3 Å². The van der Waals surface area contributed by atoms with Crippen molar-refractivity contribution in [3.8, 4) is 0 Å². The Labute approximate surface area is 163 Å². The quantitative estimate of drug-likeness (QED) is 0.717. The van der Waals surface area contributed by atoms with Gasteiger partial charge in [-0.15, -0.1) is 5.10 Å². The van der Waals surface area contributed by atoms with E-state index in [2.05, 4.69) is 20.2 Å². The van der Waals surface area contributed by atoms with Gasteiger partial charge in [0, 0.05) is 11.9 Å². The first-order valence-corrected chi connectivity index (χ1v) is 9.87. The van der Waals surface area contributed by atoms with Gasteiger partial charge in [0.25, 0.3) is 5.91 Å². The molecule has 0 radical (unpaired) electrons. The molecule has 28 heavy (non-hydrogen) atoms. The number of anilines is 1. The van der Waals surface area contributed by atoms with Gasteiger partial charge in [0.15, 0.2) is 5.71 Å². The summed E-state index contributed by atoms with van der Waals surface area (Å²) < 4.78 is 22.8. The zero-order valence-electron chi connectivity index (χ0n) is 15.1. The highest BCUT2D eigenvalue weighted by Gasteiger charge is 2.29. The molecule has 1 aromatic carbocycles. The van der Waals surface area contributed by atoms with Gasteiger partial charge in [0.1, 0.15) is 4.86 Å². The fraction of sp³-hybridized carbons (Fsp3) is 0.263. The van der Waals surface area contributed by atoms with Crippen molar-refractivity contribution in [3.05, 3.63) is 53.6 Å². The molecule has 0 atom stereocenters. The lowest BCUT2D eigenvalue weighted by Crippen LogP contribution is -2.39. The zero-order chi connectivity index (χ0) is 19.7. The van der Waals surface area contributed by atoms with Crippen molar-refractivity contribution in [2.45, 2.75) is 32.2 Å². The average Bonchev–Trinajstić information content (AvgIpc) is 3.43. The number of carbonyl (C=O) groups excluding carboxylic acids is 1. The third-order valence-corrected chi connectivity index (χ3v) is 5.26. The zero-order valence-corrected chi connectivity index (χ0v) is 15.9. The van der Waals surface area contributed by atoms with Crippen molar-refractivity contribution in [2.75, 3.05) is 4.90 Å². The lowest BCUT2D eigenvalue weighted by Gasteiger charge is -2.22. The van der Waals surface area contributed by atoms with Crippen LogP contribution in [0.5, 0.6) is 0 Å². The second-order valence-electron chi connectivity index (χ2n) is 6.70. The van der Waals surface area contributed by atoms with Gasteiger partial charge in [0.2, 0.25) is 10.3 Å². The number of aryl methyl sites for hydroxylation is 1. The van der Waals surface area contributed by atoms with Crippen LogP contribution in [0.15, 0.2) is 46.9 Å². The Kier molecular flexibility index (Phi) is 4.82. The fourth-order valence-corrected chi connectivity index (χ4v) is 3.35. The molecule has 2 heterocycles. The molecule has 0 unspecified atom stereocenters. The fourth-order valence-electron chi connectivity index (χ4n) is 2.93. The number of carbonyl (C=O) groups is 1. The Morgan fingerprint density at radius 3 is 2.50 bits per heavy atom.